The van der Waals surface area contributed by atoms with Crippen molar-refractivity contribution >= 4 is 46.2 Å². The molecule has 1 amide bonds. The number of carbonyl (C=O) groups is 1. The highest BCUT2D eigenvalue weighted by Crippen LogP contribution is 2.32. The Morgan fingerprint density at radius 1 is 1.16 bits per heavy atom. The van der Waals surface area contributed by atoms with E-state index in [-0.39, 0.29) is 5.91 Å². The Morgan fingerprint density at radius 2 is 1.91 bits per heavy atom. The van der Waals surface area contributed by atoms with E-state index in [0.29, 0.717) is 16.7 Å². The normalized spacial score (nSPS) is 16.1. The van der Waals surface area contributed by atoms with Crippen LogP contribution in [0.2, 0.25) is 5.02 Å². The van der Waals surface area contributed by atoms with Crippen molar-refractivity contribution in [3.8, 4) is 11.4 Å². The molecule has 2 aromatic carbocycles. The molecule has 1 fully saturated rings. The van der Waals surface area contributed by atoms with Gasteiger partial charge in [-0.2, -0.15) is 0 Å². The summed E-state index contributed by atoms with van der Waals surface area (Å²) in [5.74, 6) is 0.647. The predicted octanol–water partition coefficient (Wildman–Crippen LogP) is 6.35. The first-order valence-electron chi connectivity index (χ1n) is 10.3. The van der Waals surface area contributed by atoms with E-state index < -0.39 is 0 Å². The number of aryl methyl sites for hydroxylation is 1. The number of hydrogen-bond donors (Lipinski definition) is 1. The molecule has 4 rings (SSSR count). The highest BCUT2D eigenvalue weighted by molar-refractivity contribution is 8.18. The van der Waals surface area contributed by atoms with Crippen LogP contribution in [0.25, 0.3) is 11.8 Å². The van der Waals surface area contributed by atoms with Crippen molar-refractivity contribution in [1.29, 1.82) is 0 Å². The Morgan fingerprint density at radius 3 is 2.62 bits per heavy atom. The maximum atomic E-state index is 12.6. The quantitative estimate of drug-likeness (QED) is 0.447. The van der Waals surface area contributed by atoms with Crippen molar-refractivity contribution in [1.82, 2.24) is 9.88 Å². The zero-order valence-corrected chi connectivity index (χ0v) is 20.0. The van der Waals surface area contributed by atoms with Crippen LogP contribution in [0.3, 0.4) is 0 Å². The summed E-state index contributed by atoms with van der Waals surface area (Å²) in [6, 6.07) is 15.4. The fourth-order valence-corrected chi connectivity index (χ4v) is 4.67. The number of nitrogens with zero attached hydrogens (tertiary/aromatic N) is 2. The van der Waals surface area contributed by atoms with Gasteiger partial charge < -0.3 is 14.6 Å². The van der Waals surface area contributed by atoms with Crippen LogP contribution in [-0.2, 0) is 4.79 Å². The zero-order valence-electron chi connectivity index (χ0n) is 18.4. The second-order valence-electron chi connectivity index (χ2n) is 7.45. The van der Waals surface area contributed by atoms with E-state index in [1.165, 1.54) is 11.8 Å². The minimum absolute atomic E-state index is 0.150. The molecule has 0 saturated carbocycles. The third-order valence-electron chi connectivity index (χ3n) is 5.27. The third kappa shape index (κ3) is 4.47. The van der Waals surface area contributed by atoms with Crippen LogP contribution in [0.15, 0.2) is 58.4 Å². The van der Waals surface area contributed by atoms with Crippen LogP contribution in [-0.4, -0.2) is 22.2 Å². The van der Waals surface area contributed by atoms with Crippen molar-refractivity contribution in [2.45, 2.75) is 27.7 Å². The summed E-state index contributed by atoms with van der Waals surface area (Å²) in [7, 11) is 0. The van der Waals surface area contributed by atoms with E-state index >= 15 is 0 Å². The molecule has 5 nitrogen and oxygen atoms in total. The summed E-state index contributed by atoms with van der Waals surface area (Å²) in [5.41, 5.74) is 5.93. The van der Waals surface area contributed by atoms with Gasteiger partial charge in [-0.3, -0.25) is 4.79 Å². The van der Waals surface area contributed by atoms with E-state index in [4.69, 9.17) is 16.3 Å². The van der Waals surface area contributed by atoms with E-state index in [1.807, 2.05) is 63.2 Å². The van der Waals surface area contributed by atoms with Crippen LogP contribution in [0.5, 0.6) is 5.75 Å². The lowest BCUT2D eigenvalue weighted by atomic mass is 10.2. The fourth-order valence-electron chi connectivity index (χ4n) is 3.67. The molecule has 0 spiro atoms. The van der Waals surface area contributed by atoms with Gasteiger partial charge in [0.05, 0.1) is 17.2 Å². The van der Waals surface area contributed by atoms with Gasteiger partial charge in [-0.15, -0.1) is 0 Å². The molecule has 0 radical (unpaired) electrons. The molecule has 1 aromatic heterocycles. The summed E-state index contributed by atoms with van der Waals surface area (Å²) < 4.78 is 7.62. The van der Waals surface area contributed by atoms with Crippen molar-refractivity contribution in [2.24, 2.45) is 4.99 Å². The van der Waals surface area contributed by atoms with Gasteiger partial charge in [-0.1, -0.05) is 17.7 Å². The third-order valence-corrected chi connectivity index (χ3v) is 6.59. The first kappa shape index (κ1) is 22.2. The monoisotopic (exact) mass is 465 g/mol. The van der Waals surface area contributed by atoms with Crippen LogP contribution >= 0.6 is 23.4 Å². The number of nitrogens with one attached hydrogen (secondary N) is 1. The van der Waals surface area contributed by atoms with Gasteiger partial charge >= 0.3 is 0 Å². The Bertz CT molecular complexity index is 1240. The molecule has 3 aromatic rings. The molecule has 1 aliphatic rings. The van der Waals surface area contributed by atoms with Gasteiger partial charge in [0.1, 0.15) is 5.75 Å². The number of halogens is 1. The number of carbonyl (C=O) groups excluding carboxylic acids is 1. The number of benzene rings is 2. The number of rotatable bonds is 5. The van der Waals surface area contributed by atoms with Gasteiger partial charge in [-0.25, -0.2) is 4.99 Å². The number of amides is 1. The average Bonchev–Trinajstić information content (AvgIpc) is 3.24. The SMILES string of the molecule is CCOc1ccc(N=C2NC(=O)/C(=C\c3cc(C)n(-c4cccc(Cl)c4C)c3C)S2)cc1. The largest absolute Gasteiger partial charge is 0.494 e. The summed E-state index contributed by atoms with van der Waals surface area (Å²) in [5, 5.41) is 4.14. The van der Waals surface area contributed by atoms with E-state index in [2.05, 4.69) is 33.9 Å². The van der Waals surface area contributed by atoms with E-state index in [0.717, 1.165) is 44.7 Å². The Kier molecular flexibility index (Phi) is 6.44. The average molecular weight is 466 g/mol. The molecule has 1 aliphatic heterocycles. The van der Waals surface area contributed by atoms with Crippen LogP contribution in [0, 0.1) is 20.8 Å². The van der Waals surface area contributed by atoms with Gasteiger partial charge in [0.15, 0.2) is 5.17 Å². The topological polar surface area (TPSA) is 55.6 Å². The zero-order chi connectivity index (χ0) is 22.8. The van der Waals surface area contributed by atoms with Crippen molar-refractivity contribution < 1.29 is 9.53 Å². The minimum Gasteiger partial charge on any atom is -0.494 e. The standard InChI is InChI=1S/C25H24ClN3O2S/c1-5-31-20-11-9-19(10-12-20)27-25-28-24(30)23(32-25)14-18-13-15(2)29(17(18)4)22-8-6-7-21(26)16(22)3/h6-14H,5H2,1-4H3,(H,27,28,30)/b23-14+. The molecule has 0 unspecified atom stereocenters. The predicted molar refractivity (Wildman–Crippen MR) is 133 cm³/mol. The molecule has 0 bridgehead atoms. The molecular weight excluding hydrogens is 442 g/mol. The summed E-state index contributed by atoms with van der Waals surface area (Å²) in [6.45, 7) is 8.67. The van der Waals surface area contributed by atoms with Gasteiger partial charge in [-0.05, 0) is 99.1 Å². The molecule has 7 heteroatoms. The molecule has 0 atom stereocenters. The molecule has 2 heterocycles. The highest BCUT2D eigenvalue weighted by atomic mass is 35.5. The van der Waals surface area contributed by atoms with Crippen molar-refractivity contribution in [3.05, 3.63) is 81.0 Å². The minimum atomic E-state index is -0.150. The van der Waals surface area contributed by atoms with Gasteiger partial charge in [0.25, 0.3) is 5.91 Å². The van der Waals surface area contributed by atoms with Crippen LogP contribution in [0.4, 0.5) is 5.69 Å². The van der Waals surface area contributed by atoms with Crippen LogP contribution in [0.1, 0.15) is 29.4 Å². The molecule has 0 aliphatic carbocycles. The molecule has 1 N–H and O–H groups in total. The summed E-state index contributed by atoms with van der Waals surface area (Å²) in [4.78, 5) is 17.7. The number of hydrogen-bond acceptors (Lipinski definition) is 4. The number of aliphatic imine (C=N–C) groups is 1. The molecule has 1 saturated heterocycles. The first-order chi connectivity index (χ1) is 15.4. The first-order valence-corrected chi connectivity index (χ1v) is 11.5. The molecule has 164 valence electrons. The van der Waals surface area contributed by atoms with Crippen molar-refractivity contribution in [3.63, 3.8) is 0 Å². The molecular formula is C25H24ClN3O2S. The van der Waals surface area contributed by atoms with Crippen LogP contribution < -0.4 is 10.1 Å². The second-order valence-corrected chi connectivity index (χ2v) is 8.89. The fraction of sp³-hybridized carbons (Fsp3) is 0.200. The van der Waals surface area contributed by atoms with E-state index in [9.17, 15) is 4.79 Å². The highest BCUT2D eigenvalue weighted by Gasteiger charge is 2.25. The lowest BCUT2D eigenvalue weighted by Gasteiger charge is -2.13. The summed E-state index contributed by atoms with van der Waals surface area (Å²) in [6.07, 6.45) is 1.92. The number of ether oxygens (including phenoxy) is 1. The summed E-state index contributed by atoms with van der Waals surface area (Å²) >= 11 is 7.67. The lowest BCUT2D eigenvalue weighted by molar-refractivity contribution is -0.115. The Balaban J connectivity index is 1.61. The van der Waals surface area contributed by atoms with E-state index in [1.54, 1.807) is 0 Å². The number of aromatic nitrogens is 1. The number of amidine groups is 1. The van der Waals surface area contributed by atoms with Gasteiger partial charge in [0, 0.05) is 22.1 Å². The second kappa shape index (κ2) is 9.27. The maximum absolute atomic E-state index is 12.6. The Labute approximate surface area is 197 Å². The smallest absolute Gasteiger partial charge is 0.264 e. The number of thioether (sulfide) groups is 1. The van der Waals surface area contributed by atoms with Gasteiger partial charge in [0.2, 0.25) is 0 Å². The Hall–Kier alpha value is -2.96. The van der Waals surface area contributed by atoms with Crippen molar-refractivity contribution in [2.75, 3.05) is 6.61 Å². The molecule has 32 heavy (non-hydrogen) atoms. The maximum Gasteiger partial charge on any atom is 0.264 e. The lowest BCUT2D eigenvalue weighted by Crippen LogP contribution is -2.19.